The summed E-state index contributed by atoms with van der Waals surface area (Å²) in [5.74, 6) is 1.05. The summed E-state index contributed by atoms with van der Waals surface area (Å²) in [6.45, 7) is 2.78. The molecule has 2 N–H and O–H groups in total. The highest BCUT2D eigenvalue weighted by atomic mass is 15.2. The quantitative estimate of drug-likeness (QED) is 0.810. The fourth-order valence-corrected chi connectivity index (χ4v) is 2.02. The van der Waals surface area contributed by atoms with Gasteiger partial charge in [0.1, 0.15) is 5.82 Å². The first-order chi connectivity index (χ1) is 7.22. The van der Waals surface area contributed by atoms with Crippen LogP contribution in [0.3, 0.4) is 0 Å². The standard InChI is InChI=1S/C12H19N3/c1-9(7-13)15(2)12-6-10-4-3-5-11(10)8-14-12/h6,8-9H,3-5,7,13H2,1-2H3. The predicted molar refractivity (Wildman–Crippen MR) is 63.2 cm³/mol. The maximum atomic E-state index is 5.65. The highest BCUT2D eigenvalue weighted by Gasteiger charge is 2.15. The van der Waals surface area contributed by atoms with Gasteiger partial charge in [0, 0.05) is 25.8 Å². The molecule has 0 amide bonds. The van der Waals surface area contributed by atoms with E-state index < -0.39 is 0 Å². The minimum atomic E-state index is 0.344. The van der Waals surface area contributed by atoms with E-state index in [0.717, 1.165) is 5.82 Å². The van der Waals surface area contributed by atoms with E-state index in [1.54, 1.807) is 0 Å². The number of anilines is 1. The van der Waals surface area contributed by atoms with Crippen LogP contribution in [0.25, 0.3) is 0 Å². The lowest BCUT2D eigenvalue weighted by Crippen LogP contribution is -2.35. The van der Waals surface area contributed by atoms with Crippen molar-refractivity contribution in [1.29, 1.82) is 0 Å². The molecule has 1 unspecified atom stereocenters. The molecular formula is C12H19N3. The summed E-state index contributed by atoms with van der Waals surface area (Å²) in [6.07, 6.45) is 5.70. The molecule has 1 aliphatic rings. The van der Waals surface area contributed by atoms with Crippen molar-refractivity contribution in [3.05, 3.63) is 23.4 Å². The van der Waals surface area contributed by atoms with Gasteiger partial charge in [-0.15, -0.1) is 0 Å². The summed E-state index contributed by atoms with van der Waals surface area (Å²) in [6, 6.07) is 2.56. The first-order valence-electron chi connectivity index (χ1n) is 5.63. The van der Waals surface area contributed by atoms with E-state index in [1.807, 2.05) is 6.20 Å². The van der Waals surface area contributed by atoms with Crippen molar-refractivity contribution in [2.24, 2.45) is 5.73 Å². The van der Waals surface area contributed by atoms with Crippen LogP contribution in [-0.2, 0) is 12.8 Å². The van der Waals surface area contributed by atoms with Crippen LogP contribution < -0.4 is 10.6 Å². The van der Waals surface area contributed by atoms with E-state index in [9.17, 15) is 0 Å². The lowest BCUT2D eigenvalue weighted by Gasteiger charge is -2.25. The summed E-state index contributed by atoms with van der Waals surface area (Å²) in [5.41, 5.74) is 8.55. The maximum absolute atomic E-state index is 5.65. The Morgan fingerprint density at radius 1 is 1.47 bits per heavy atom. The van der Waals surface area contributed by atoms with Crippen LogP contribution in [0, 0.1) is 0 Å². The summed E-state index contributed by atoms with van der Waals surface area (Å²) in [7, 11) is 2.06. The number of hydrogen-bond donors (Lipinski definition) is 1. The molecule has 0 spiro atoms. The number of hydrogen-bond acceptors (Lipinski definition) is 3. The fraction of sp³-hybridized carbons (Fsp3) is 0.583. The summed E-state index contributed by atoms with van der Waals surface area (Å²) in [5, 5.41) is 0. The molecule has 0 bridgehead atoms. The first-order valence-corrected chi connectivity index (χ1v) is 5.63. The molecule has 0 aromatic carbocycles. The fourth-order valence-electron chi connectivity index (χ4n) is 2.02. The molecule has 0 fully saturated rings. The number of aryl methyl sites for hydroxylation is 2. The van der Waals surface area contributed by atoms with E-state index in [2.05, 4.69) is 29.9 Å². The lowest BCUT2D eigenvalue weighted by molar-refractivity contribution is 0.687. The Balaban J connectivity index is 2.22. The first kappa shape index (κ1) is 10.4. The molecule has 3 nitrogen and oxygen atoms in total. The van der Waals surface area contributed by atoms with Gasteiger partial charge in [-0.2, -0.15) is 0 Å². The van der Waals surface area contributed by atoms with Gasteiger partial charge in [0.2, 0.25) is 0 Å². The molecule has 1 aromatic rings. The number of likely N-dealkylation sites (N-methyl/N-ethyl adjacent to an activating group) is 1. The lowest BCUT2D eigenvalue weighted by atomic mass is 10.2. The number of nitrogens with zero attached hydrogens (tertiary/aromatic N) is 2. The smallest absolute Gasteiger partial charge is 0.128 e. The molecule has 1 aliphatic carbocycles. The Labute approximate surface area is 91.3 Å². The van der Waals surface area contributed by atoms with Crippen LogP contribution in [0.2, 0.25) is 0 Å². The minimum Gasteiger partial charge on any atom is -0.356 e. The Morgan fingerprint density at radius 2 is 2.20 bits per heavy atom. The summed E-state index contributed by atoms with van der Waals surface area (Å²) in [4.78, 5) is 6.64. The zero-order valence-corrected chi connectivity index (χ0v) is 9.53. The largest absolute Gasteiger partial charge is 0.356 e. The number of aromatic nitrogens is 1. The number of fused-ring (bicyclic) bond motifs is 1. The van der Waals surface area contributed by atoms with Gasteiger partial charge < -0.3 is 10.6 Å². The average molecular weight is 205 g/mol. The third-order valence-corrected chi connectivity index (χ3v) is 3.32. The SMILES string of the molecule is CC(CN)N(C)c1cc2c(cn1)CCC2. The molecule has 15 heavy (non-hydrogen) atoms. The van der Waals surface area contributed by atoms with Crippen molar-refractivity contribution in [1.82, 2.24) is 4.98 Å². The molecule has 0 aliphatic heterocycles. The second kappa shape index (κ2) is 4.19. The van der Waals surface area contributed by atoms with Gasteiger partial charge >= 0.3 is 0 Å². The van der Waals surface area contributed by atoms with Crippen molar-refractivity contribution >= 4 is 5.82 Å². The van der Waals surface area contributed by atoms with Gasteiger partial charge in [-0.3, -0.25) is 0 Å². The summed E-state index contributed by atoms with van der Waals surface area (Å²) >= 11 is 0. The van der Waals surface area contributed by atoms with Crippen molar-refractivity contribution in [3.63, 3.8) is 0 Å². The topological polar surface area (TPSA) is 42.1 Å². The van der Waals surface area contributed by atoms with Gasteiger partial charge in [-0.1, -0.05) is 0 Å². The summed E-state index contributed by atoms with van der Waals surface area (Å²) < 4.78 is 0. The van der Waals surface area contributed by atoms with E-state index in [1.165, 1.54) is 30.4 Å². The third kappa shape index (κ3) is 1.97. The molecule has 0 radical (unpaired) electrons. The Morgan fingerprint density at radius 3 is 2.93 bits per heavy atom. The number of nitrogens with two attached hydrogens (primary N) is 1. The maximum Gasteiger partial charge on any atom is 0.128 e. The normalized spacial score (nSPS) is 16.2. The zero-order valence-electron chi connectivity index (χ0n) is 9.53. The van der Waals surface area contributed by atoms with Gasteiger partial charge in [0.05, 0.1) is 0 Å². The van der Waals surface area contributed by atoms with Gasteiger partial charge in [-0.25, -0.2) is 4.98 Å². The highest BCUT2D eigenvalue weighted by Crippen LogP contribution is 2.24. The molecule has 2 rings (SSSR count). The van der Waals surface area contributed by atoms with Gasteiger partial charge in [-0.05, 0) is 43.4 Å². The number of pyridine rings is 1. The van der Waals surface area contributed by atoms with E-state index in [-0.39, 0.29) is 0 Å². The molecule has 82 valence electrons. The second-order valence-electron chi connectivity index (χ2n) is 4.36. The molecule has 1 aromatic heterocycles. The van der Waals surface area contributed by atoms with Crippen LogP contribution in [0.5, 0.6) is 0 Å². The molecule has 0 saturated heterocycles. The van der Waals surface area contributed by atoms with Crippen LogP contribution in [0.1, 0.15) is 24.5 Å². The zero-order chi connectivity index (χ0) is 10.8. The van der Waals surface area contributed by atoms with Crippen molar-refractivity contribution < 1.29 is 0 Å². The molecule has 3 heteroatoms. The number of rotatable bonds is 3. The van der Waals surface area contributed by atoms with E-state index >= 15 is 0 Å². The van der Waals surface area contributed by atoms with Crippen molar-refractivity contribution in [2.45, 2.75) is 32.2 Å². The third-order valence-electron chi connectivity index (χ3n) is 3.32. The molecule has 1 heterocycles. The van der Waals surface area contributed by atoms with Crippen LogP contribution >= 0.6 is 0 Å². The Bertz CT molecular complexity index is 349. The molecular weight excluding hydrogens is 186 g/mol. The Hall–Kier alpha value is -1.09. The van der Waals surface area contributed by atoms with E-state index in [4.69, 9.17) is 5.73 Å². The Kier molecular flexibility index (Phi) is 2.91. The second-order valence-corrected chi connectivity index (χ2v) is 4.36. The van der Waals surface area contributed by atoms with Gasteiger partial charge in [0.15, 0.2) is 0 Å². The van der Waals surface area contributed by atoms with Crippen LogP contribution in [0.4, 0.5) is 5.82 Å². The minimum absolute atomic E-state index is 0.344. The van der Waals surface area contributed by atoms with Crippen molar-refractivity contribution in [2.75, 3.05) is 18.5 Å². The van der Waals surface area contributed by atoms with Crippen molar-refractivity contribution in [3.8, 4) is 0 Å². The highest BCUT2D eigenvalue weighted by molar-refractivity contribution is 5.45. The average Bonchev–Trinajstić information content (AvgIpc) is 2.73. The van der Waals surface area contributed by atoms with Crippen LogP contribution in [0.15, 0.2) is 12.3 Å². The monoisotopic (exact) mass is 205 g/mol. The van der Waals surface area contributed by atoms with E-state index in [0.29, 0.717) is 12.6 Å². The predicted octanol–water partition coefficient (Wildman–Crippen LogP) is 1.35. The molecule has 1 atom stereocenters. The molecule has 0 saturated carbocycles. The van der Waals surface area contributed by atoms with Crippen LogP contribution in [-0.4, -0.2) is 24.6 Å². The van der Waals surface area contributed by atoms with Gasteiger partial charge in [0.25, 0.3) is 0 Å².